The van der Waals surface area contributed by atoms with Gasteiger partial charge in [0, 0.05) is 30.8 Å². The number of likely N-dealkylation sites (tertiary alicyclic amines) is 1. The van der Waals surface area contributed by atoms with Crippen molar-refractivity contribution < 1.29 is 14.3 Å². The summed E-state index contributed by atoms with van der Waals surface area (Å²) in [6.45, 7) is 8.59. The summed E-state index contributed by atoms with van der Waals surface area (Å²) in [6, 6.07) is 12.1. The SMILES string of the molecule is Cc1cccnc1C(=O)N1CCC2(CC1)CO[C@@H]1c3ccccc3OC(C)(C)[C@H]1C2. The number of aryl methyl sites for hydroxylation is 1. The summed E-state index contributed by atoms with van der Waals surface area (Å²) in [5.74, 6) is 1.31. The number of amides is 1. The fraction of sp³-hybridized carbons (Fsp3) is 0.520. The molecule has 5 rings (SSSR count). The lowest BCUT2D eigenvalue weighted by atomic mass is 9.64. The van der Waals surface area contributed by atoms with Crippen molar-refractivity contribution in [2.24, 2.45) is 11.3 Å². The van der Waals surface area contributed by atoms with Crippen LogP contribution in [0.5, 0.6) is 5.75 Å². The Balaban J connectivity index is 1.32. The van der Waals surface area contributed by atoms with Gasteiger partial charge in [0.2, 0.25) is 0 Å². The fourth-order valence-electron chi connectivity index (χ4n) is 5.49. The van der Waals surface area contributed by atoms with Gasteiger partial charge in [0.1, 0.15) is 17.0 Å². The number of carbonyl (C=O) groups is 1. The van der Waals surface area contributed by atoms with Crippen LogP contribution < -0.4 is 4.74 Å². The third kappa shape index (κ3) is 3.20. The number of pyridine rings is 1. The monoisotopic (exact) mass is 406 g/mol. The number of aromatic nitrogens is 1. The molecular formula is C25H30N2O3. The Hall–Kier alpha value is -2.40. The zero-order valence-corrected chi connectivity index (χ0v) is 18.1. The molecule has 0 N–H and O–H groups in total. The lowest BCUT2D eigenvalue weighted by Gasteiger charge is -2.54. The average Bonchev–Trinajstić information content (AvgIpc) is 2.74. The highest BCUT2D eigenvalue weighted by Gasteiger charge is 2.52. The van der Waals surface area contributed by atoms with Crippen LogP contribution in [0.25, 0.3) is 0 Å². The van der Waals surface area contributed by atoms with E-state index in [1.165, 1.54) is 5.56 Å². The molecule has 2 aromatic rings. The first kappa shape index (κ1) is 19.6. The van der Waals surface area contributed by atoms with Crippen molar-refractivity contribution in [3.05, 3.63) is 59.4 Å². The van der Waals surface area contributed by atoms with E-state index in [9.17, 15) is 4.79 Å². The molecule has 2 saturated heterocycles. The third-order valence-corrected chi connectivity index (χ3v) is 7.40. The van der Waals surface area contributed by atoms with Crippen molar-refractivity contribution in [3.63, 3.8) is 0 Å². The van der Waals surface area contributed by atoms with E-state index in [1.807, 2.05) is 36.1 Å². The summed E-state index contributed by atoms with van der Waals surface area (Å²) in [7, 11) is 0. The minimum absolute atomic E-state index is 0.0489. The molecule has 1 aromatic carbocycles. The van der Waals surface area contributed by atoms with Crippen LogP contribution in [-0.4, -0.2) is 41.1 Å². The van der Waals surface area contributed by atoms with Crippen LogP contribution >= 0.6 is 0 Å². The van der Waals surface area contributed by atoms with Gasteiger partial charge in [-0.15, -0.1) is 0 Å². The molecule has 1 aromatic heterocycles. The Morgan fingerprint density at radius 1 is 1.13 bits per heavy atom. The highest BCUT2D eigenvalue weighted by atomic mass is 16.5. The van der Waals surface area contributed by atoms with Crippen molar-refractivity contribution >= 4 is 5.91 Å². The van der Waals surface area contributed by atoms with Gasteiger partial charge in [0.25, 0.3) is 5.91 Å². The van der Waals surface area contributed by atoms with Crippen molar-refractivity contribution in [1.29, 1.82) is 0 Å². The molecule has 2 atom stereocenters. The van der Waals surface area contributed by atoms with Gasteiger partial charge in [-0.3, -0.25) is 9.78 Å². The highest BCUT2D eigenvalue weighted by molar-refractivity contribution is 5.93. The molecule has 1 spiro atoms. The number of ether oxygens (including phenoxy) is 2. The van der Waals surface area contributed by atoms with Gasteiger partial charge in [-0.2, -0.15) is 0 Å². The van der Waals surface area contributed by atoms with Crippen LogP contribution in [0.15, 0.2) is 42.6 Å². The van der Waals surface area contributed by atoms with E-state index < -0.39 is 0 Å². The highest BCUT2D eigenvalue weighted by Crippen LogP contribution is 2.55. The van der Waals surface area contributed by atoms with Gasteiger partial charge in [-0.1, -0.05) is 24.3 Å². The summed E-state index contributed by atoms with van der Waals surface area (Å²) in [5, 5.41) is 0. The Morgan fingerprint density at radius 3 is 2.67 bits per heavy atom. The van der Waals surface area contributed by atoms with Crippen molar-refractivity contribution in [3.8, 4) is 5.75 Å². The fourth-order valence-corrected chi connectivity index (χ4v) is 5.49. The number of carbonyl (C=O) groups excluding carboxylic acids is 1. The van der Waals surface area contributed by atoms with Crippen molar-refractivity contribution in [2.45, 2.75) is 51.7 Å². The molecule has 2 fully saturated rings. The second-order valence-electron chi connectivity index (χ2n) is 9.75. The molecule has 4 heterocycles. The maximum absolute atomic E-state index is 13.0. The first-order valence-electron chi connectivity index (χ1n) is 11.0. The van der Waals surface area contributed by atoms with Gasteiger partial charge in [0.15, 0.2) is 0 Å². The van der Waals surface area contributed by atoms with E-state index in [-0.39, 0.29) is 23.0 Å². The Morgan fingerprint density at radius 2 is 1.90 bits per heavy atom. The maximum atomic E-state index is 13.0. The number of para-hydroxylation sites is 1. The van der Waals surface area contributed by atoms with Gasteiger partial charge in [0.05, 0.1) is 12.7 Å². The number of fused-ring (bicyclic) bond motifs is 3. The first-order valence-corrected chi connectivity index (χ1v) is 11.0. The second kappa shape index (κ2) is 7.09. The van der Waals surface area contributed by atoms with Crippen molar-refractivity contribution in [2.75, 3.05) is 19.7 Å². The molecule has 5 heteroatoms. The van der Waals surface area contributed by atoms with Crippen LogP contribution in [0.4, 0.5) is 0 Å². The van der Waals surface area contributed by atoms with Gasteiger partial charge in [-0.05, 0) is 63.1 Å². The Bertz CT molecular complexity index is 962. The summed E-state index contributed by atoms with van der Waals surface area (Å²) < 4.78 is 12.9. The van der Waals surface area contributed by atoms with E-state index in [1.54, 1.807) is 6.20 Å². The van der Waals surface area contributed by atoms with Crippen LogP contribution in [-0.2, 0) is 4.74 Å². The summed E-state index contributed by atoms with van der Waals surface area (Å²) >= 11 is 0. The van der Waals surface area contributed by atoms with Crippen LogP contribution in [0.2, 0.25) is 0 Å². The standard InChI is InChI=1S/C25H30N2O3/c1-17-7-6-12-26-21(17)23(28)27-13-10-25(11-14-27)15-19-22(29-16-25)18-8-4-5-9-20(18)30-24(19,2)3/h4-9,12,19,22H,10-11,13-16H2,1-3H3/t19-,22+/m0/s1. The Kier molecular flexibility index (Phi) is 4.62. The zero-order chi connectivity index (χ0) is 20.9. The lowest BCUT2D eigenvalue weighted by molar-refractivity contribution is -0.173. The van der Waals surface area contributed by atoms with Crippen molar-refractivity contribution in [1.82, 2.24) is 9.88 Å². The lowest BCUT2D eigenvalue weighted by Crippen LogP contribution is -2.54. The largest absolute Gasteiger partial charge is 0.487 e. The predicted octanol–water partition coefficient (Wildman–Crippen LogP) is 4.56. The zero-order valence-electron chi connectivity index (χ0n) is 18.1. The maximum Gasteiger partial charge on any atom is 0.272 e. The smallest absolute Gasteiger partial charge is 0.272 e. The summed E-state index contributed by atoms with van der Waals surface area (Å²) in [4.78, 5) is 19.3. The molecule has 0 radical (unpaired) electrons. The molecule has 30 heavy (non-hydrogen) atoms. The molecular weight excluding hydrogens is 376 g/mol. The van der Waals surface area contributed by atoms with E-state index in [2.05, 4.69) is 31.0 Å². The van der Waals surface area contributed by atoms with Crippen LogP contribution in [0.1, 0.15) is 60.8 Å². The molecule has 0 saturated carbocycles. The quantitative estimate of drug-likeness (QED) is 0.697. The topological polar surface area (TPSA) is 51.7 Å². The first-order chi connectivity index (χ1) is 14.4. The van der Waals surface area contributed by atoms with Gasteiger partial charge >= 0.3 is 0 Å². The minimum Gasteiger partial charge on any atom is -0.487 e. The Labute approximate surface area is 178 Å². The van der Waals surface area contributed by atoms with Gasteiger partial charge < -0.3 is 14.4 Å². The molecule has 3 aliphatic rings. The molecule has 5 nitrogen and oxygen atoms in total. The number of benzene rings is 1. The minimum atomic E-state index is -0.273. The molecule has 0 aliphatic carbocycles. The van der Waals surface area contributed by atoms with E-state index in [0.717, 1.165) is 50.3 Å². The molecule has 0 unspecified atom stereocenters. The number of rotatable bonds is 1. The predicted molar refractivity (Wildman–Crippen MR) is 114 cm³/mol. The number of hydrogen-bond donors (Lipinski definition) is 0. The second-order valence-corrected chi connectivity index (χ2v) is 9.75. The normalized spacial score (nSPS) is 26.4. The third-order valence-electron chi connectivity index (χ3n) is 7.40. The number of nitrogens with zero attached hydrogens (tertiary/aromatic N) is 2. The number of hydrogen-bond acceptors (Lipinski definition) is 4. The van der Waals surface area contributed by atoms with Gasteiger partial charge in [-0.25, -0.2) is 0 Å². The van der Waals surface area contributed by atoms with Crippen LogP contribution in [0, 0.1) is 18.3 Å². The molecule has 0 bridgehead atoms. The summed E-state index contributed by atoms with van der Waals surface area (Å²) in [6.07, 6.45) is 4.79. The molecule has 3 aliphatic heterocycles. The van der Waals surface area contributed by atoms with E-state index in [0.29, 0.717) is 11.6 Å². The summed E-state index contributed by atoms with van der Waals surface area (Å²) in [5.41, 5.74) is 2.53. The van der Waals surface area contributed by atoms with E-state index in [4.69, 9.17) is 9.47 Å². The average molecular weight is 407 g/mol. The van der Waals surface area contributed by atoms with Crippen LogP contribution in [0.3, 0.4) is 0 Å². The molecule has 1 amide bonds. The van der Waals surface area contributed by atoms with E-state index >= 15 is 0 Å². The molecule has 158 valence electrons. The number of piperidine rings is 1.